The first-order valence-corrected chi connectivity index (χ1v) is 11.6. The maximum absolute atomic E-state index is 11.3. The largest absolute Gasteiger partial charge is 0.491 e. The van der Waals surface area contributed by atoms with Crippen LogP contribution in [0.15, 0.2) is 72.8 Å². The van der Waals surface area contributed by atoms with Crippen molar-refractivity contribution in [2.75, 3.05) is 52.9 Å². The maximum Gasteiger partial charge on any atom is 0.333 e. The predicted octanol–water partition coefficient (Wildman–Crippen LogP) is 4.38. The molecule has 0 N–H and O–H groups in total. The summed E-state index contributed by atoms with van der Waals surface area (Å²) >= 11 is 0. The molecule has 0 spiro atoms. The maximum atomic E-state index is 11.3. The fourth-order valence-corrected chi connectivity index (χ4v) is 2.76. The lowest BCUT2D eigenvalue weighted by molar-refractivity contribution is -0.141. The van der Waals surface area contributed by atoms with Gasteiger partial charge in [0.15, 0.2) is 0 Å². The first-order chi connectivity index (χ1) is 17.4. The number of esters is 2. The van der Waals surface area contributed by atoms with Crippen LogP contribution in [0.2, 0.25) is 0 Å². The van der Waals surface area contributed by atoms with E-state index in [-0.39, 0.29) is 13.2 Å². The summed E-state index contributed by atoms with van der Waals surface area (Å²) in [5.74, 6) is 0.647. The van der Waals surface area contributed by atoms with Gasteiger partial charge in [-0.1, -0.05) is 37.4 Å². The van der Waals surface area contributed by atoms with Crippen LogP contribution in [0.25, 0.3) is 11.1 Å². The molecule has 0 saturated carbocycles. The highest BCUT2D eigenvalue weighted by Crippen LogP contribution is 2.24. The van der Waals surface area contributed by atoms with Crippen LogP contribution in [0, 0.1) is 0 Å². The molecule has 0 aromatic heterocycles. The molecule has 0 aliphatic heterocycles. The van der Waals surface area contributed by atoms with Crippen LogP contribution in [0.5, 0.6) is 11.5 Å². The Kier molecular flexibility index (Phi) is 12.8. The Balaban J connectivity index is 1.61. The molecular weight excluding hydrogens is 464 g/mol. The molecule has 0 amide bonds. The third-order valence-corrected chi connectivity index (χ3v) is 4.65. The van der Waals surface area contributed by atoms with Crippen molar-refractivity contribution in [3.63, 3.8) is 0 Å². The fourth-order valence-electron chi connectivity index (χ4n) is 2.76. The van der Waals surface area contributed by atoms with Crippen LogP contribution in [0.4, 0.5) is 0 Å². The number of rotatable bonds is 17. The molecule has 2 rings (SSSR count). The second-order valence-electron chi connectivity index (χ2n) is 7.80. The third kappa shape index (κ3) is 11.2. The zero-order valence-electron chi connectivity index (χ0n) is 21.0. The molecule has 0 fully saturated rings. The van der Waals surface area contributed by atoms with E-state index >= 15 is 0 Å². The van der Waals surface area contributed by atoms with E-state index in [4.69, 9.17) is 28.4 Å². The molecular formula is C28H34O8. The topological polar surface area (TPSA) is 89.5 Å². The first kappa shape index (κ1) is 28.6. The molecule has 0 bridgehead atoms. The molecule has 194 valence electrons. The molecule has 0 atom stereocenters. The number of ether oxygens (including phenoxy) is 6. The summed E-state index contributed by atoms with van der Waals surface area (Å²) in [6.45, 7) is 12.8. The SMILES string of the molecule is C=C(C)C(=O)OCCOCCOc1ccc(-c2ccc(OCCOCCOC(=O)C(=C)C)cc2)cc1. The van der Waals surface area contributed by atoms with E-state index in [0.29, 0.717) is 50.8 Å². The molecule has 0 aliphatic rings. The monoisotopic (exact) mass is 498 g/mol. The molecule has 0 aliphatic carbocycles. The molecule has 2 aromatic rings. The van der Waals surface area contributed by atoms with E-state index in [2.05, 4.69) is 13.2 Å². The van der Waals surface area contributed by atoms with Crippen molar-refractivity contribution in [2.45, 2.75) is 13.8 Å². The molecule has 0 unspecified atom stereocenters. The van der Waals surface area contributed by atoms with E-state index < -0.39 is 11.9 Å². The minimum Gasteiger partial charge on any atom is -0.491 e. The molecule has 0 heterocycles. The fraction of sp³-hybridized carbons (Fsp3) is 0.357. The van der Waals surface area contributed by atoms with E-state index in [0.717, 1.165) is 22.6 Å². The van der Waals surface area contributed by atoms with Gasteiger partial charge >= 0.3 is 11.9 Å². The van der Waals surface area contributed by atoms with Gasteiger partial charge in [0.2, 0.25) is 0 Å². The van der Waals surface area contributed by atoms with Gasteiger partial charge in [0.1, 0.15) is 37.9 Å². The lowest BCUT2D eigenvalue weighted by atomic mass is 10.1. The third-order valence-electron chi connectivity index (χ3n) is 4.65. The summed E-state index contributed by atoms with van der Waals surface area (Å²) in [4.78, 5) is 22.5. The minimum atomic E-state index is -0.417. The van der Waals surface area contributed by atoms with Crippen molar-refractivity contribution in [1.29, 1.82) is 0 Å². The standard InChI is InChI=1S/C28H34O8/c1-21(2)27(29)35-19-15-31-13-17-33-25-9-5-23(6-10-25)24-7-11-26(12-8-24)34-18-14-32-16-20-36-28(30)22(3)4/h5-12H,1,3,13-20H2,2,4H3. The van der Waals surface area contributed by atoms with Crippen LogP contribution >= 0.6 is 0 Å². The molecule has 0 radical (unpaired) electrons. The Morgan fingerprint density at radius 2 is 0.889 bits per heavy atom. The number of carbonyl (C=O) groups excluding carboxylic acids is 2. The van der Waals surface area contributed by atoms with Crippen molar-refractivity contribution in [3.8, 4) is 22.6 Å². The lowest BCUT2D eigenvalue weighted by Crippen LogP contribution is -2.13. The van der Waals surface area contributed by atoms with Gasteiger partial charge in [0.05, 0.1) is 26.4 Å². The smallest absolute Gasteiger partial charge is 0.333 e. The van der Waals surface area contributed by atoms with Crippen molar-refractivity contribution in [2.24, 2.45) is 0 Å². The Hall–Kier alpha value is -3.62. The summed E-state index contributed by atoms with van der Waals surface area (Å²) in [7, 11) is 0. The predicted molar refractivity (Wildman–Crippen MR) is 136 cm³/mol. The summed E-state index contributed by atoms with van der Waals surface area (Å²) in [6.07, 6.45) is 0. The molecule has 0 saturated heterocycles. The van der Waals surface area contributed by atoms with Gasteiger partial charge in [-0.05, 0) is 49.2 Å². The van der Waals surface area contributed by atoms with Crippen molar-refractivity contribution in [3.05, 3.63) is 72.8 Å². The van der Waals surface area contributed by atoms with Crippen LogP contribution < -0.4 is 9.47 Å². The summed E-state index contributed by atoms with van der Waals surface area (Å²) in [5.41, 5.74) is 2.84. The van der Waals surface area contributed by atoms with Gasteiger partial charge in [-0.25, -0.2) is 9.59 Å². The van der Waals surface area contributed by atoms with E-state index in [1.54, 1.807) is 13.8 Å². The highest BCUT2D eigenvalue weighted by atomic mass is 16.6. The average Bonchev–Trinajstić information content (AvgIpc) is 2.88. The highest BCUT2D eigenvalue weighted by Gasteiger charge is 2.04. The van der Waals surface area contributed by atoms with Crippen molar-refractivity contribution in [1.82, 2.24) is 0 Å². The van der Waals surface area contributed by atoms with Crippen molar-refractivity contribution >= 4 is 11.9 Å². The van der Waals surface area contributed by atoms with E-state index in [1.165, 1.54) is 0 Å². The number of hydrogen-bond acceptors (Lipinski definition) is 8. The Morgan fingerprint density at radius 1 is 0.556 bits per heavy atom. The first-order valence-electron chi connectivity index (χ1n) is 11.6. The summed E-state index contributed by atoms with van der Waals surface area (Å²) < 4.78 is 32.0. The zero-order valence-corrected chi connectivity index (χ0v) is 21.0. The molecule has 36 heavy (non-hydrogen) atoms. The van der Waals surface area contributed by atoms with Crippen LogP contribution in [-0.4, -0.2) is 64.8 Å². The van der Waals surface area contributed by atoms with Gasteiger partial charge in [-0.2, -0.15) is 0 Å². The highest BCUT2D eigenvalue weighted by molar-refractivity contribution is 5.87. The van der Waals surface area contributed by atoms with Crippen LogP contribution in [0.3, 0.4) is 0 Å². The van der Waals surface area contributed by atoms with E-state index in [9.17, 15) is 9.59 Å². The van der Waals surface area contributed by atoms with Gasteiger partial charge in [-0.15, -0.1) is 0 Å². The second-order valence-corrected chi connectivity index (χ2v) is 7.80. The van der Waals surface area contributed by atoms with Gasteiger partial charge in [0.25, 0.3) is 0 Å². The molecule has 8 nitrogen and oxygen atoms in total. The number of carbonyl (C=O) groups is 2. The Morgan fingerprint density at radius 3 is 1.22 bits per heavy atom. The number of hydrogen-bond donors (Lipinski definition) is 0. The van der Waals surface area contributed by atoms with Gasteiger partial charge in [0, 0.05) is 11.1 Å². The Labute approximate surface area is 212 Å². The average molecular weight is 499 g/mol. The molecule has 8 heteroatoms. The van der Waals surface area contributed by atoms with Crippen molar-refractivity contribution < 1.29 is 38.0 Å². The van der Waals surface area contributed by atoms with Crippen LogP contribution in [0.1, 0.15) is 13.8 Å². The van der Waals surface area contributed by atoms with Gasteiger partial charge in [-0.3, -0.25) is 0 Å². The Bertz CT molecular complexity index is 898. The minimum absolute atomic E-state index is 0.187. The van der Waals surface area contributed by atoms with E-state index in [1.807, 2.05) is 48.5 Å². The summed E-state index contributed by atoms with van der Waals surface area (Å²) in [5, 5.41) is 0. The quantitative estimate of drug-likeness (QED) is 0.180. The van der Waals surface area contributed by atoms with Crippen LogP contribution in [-0.2, 0) is 28.5 Å². The lowest BCUT2D eigenvalue weighted by Gasteiger charge is -2.10. The van der Waals surface area contributed by atoms with Gasteiger partial charge < -0.3 is 28.4 Å². The summed E-state index contributed by atoms with van der Waals surface area (Å²) in [6, 6.07) is 15.5. The normalized spacial score (nSPS) is 10.4. The number of benzene rings is 2. The zero-order chi connectivity index (χ0) is 26.2. The second kappa shape index (κ2) is 16.1. The molecule has 2 aromatic carbocycles.